The van der Waals surface area contributed by atoms with Crippen LogP contribution in [-0.4, -0.2) is 29.5 Å². The fraction of sp³-hybridized carbons (Fsp3) is 0.409. The monoisotopic (exact) mass is 450 g/mol. The Morgan fingerprint density at radius 1 is 1.19 bits per heavy atom. The van der Waals surface area contributed by atoms with Gasteiger partial charge in [0, 0.05) is 17.5 Å². The van der Waals surface area contributed by atoms with Crippen LogP contribution in [0.3, 0.4) is 0 Å². The Kier molecular flexibility index (Phi) is 6.19. The molecule has 3 aromatic rings. The van der Waals surface area contributed by atoms with E-state index in [9.17, 15) is 18.0 Å². The van der Waals surface area contributed by atoms with Crippen LogP contribution in [0.4, 0.5) is 13.2 Å². The Morgan fingerprint density at radius 3 is 2.44 bits per heavy atom. The van der Waals surface area contributed by atoms with Crippen LogP contribution >= 0.6 is 0 Å². The molecule has 172 valence electrons. The first-order chi connectivity index (χ1) is 14.8. The molecule has 1 aromatic carbocycles. The van der Waals surface area contributed by atoms with E-state index in [1.54, 1.807) is 13.0 Å². The lowest BCUT2D eigenvalue weighted by molar-refractivity contribution is -0.140. The second-order valence-corrected chi connectivity index (χ2v) is 8.67. The molecule has 2 heterocycles. The molecule has 2 aromatic heterocycles. The number of fused-ring (bicyclic) bond motifs is 1. The van der Waals surface area contributed by atoms with Crippen LogP contribution in [0.5, 0.6) is 5.75 Å². The van der Waals surface area contributed by atoms with Crippen molar-refractivity contribution in [2.24, 2.45) is 11.1 Å². The lowest BCUT2D eigenvalue weighted by Crippen LogP contribution is -2.33. The molecule has 0 bridgehead atoms. The van der Waals surface area contributed by atoms with E-state index in [4.69, 9.17) is 14.9 Å². The van der Waals surface area contributed by atoms with Crippen LogP contribution in [-0.2, 0) is 6.18 Å². The van der Waals surface area contributed by atoms with E-state index < -0.39 is 23.8 Å². The molecule has 10 heteroatoms. The second-order valence-electron chi connectivity index (χ2n) is 8.67. The van der Waals surface area contributed by atoms with Gasteiger partial charge in [0.25, 0.3) is 5.91 Å². The zero-order chi connectivity index (χ0) is 23.8. The highest BCUT2D eigenvalue weighted by Gasteiger charge is 2.33. The van der Waals surface area contributed by atoms with Crippen LogP contribution in [0.1, 0.15) is 55.7 Å². The van der Waals surface area contributed by atoms with Gasteiger partial charge in [-0.05, 0) is 36.6 Å². The fourth-order valence-electron chi connectivity index (χ4n) is 3.05. The summed E-state index contributed by atoms with van der Waals surface area (Å²) in [5.74, 6) is -0.0582. The van der Waals surface area contributed by atoms with E-state index in [0.29, 0.717) is 17.5 Å². The Hall–Kier alpha value is -3.14. The van der Waals surface area contributed by atoms with Gasteiger partial charge in [-0.25, -0.2) is 9.97 Å². The number of benzene rings is 1. The standard InChI is InChI=1S/C22H25F3N4O3/c1-11(26)18-17(19(30)27-10-21(2,3)4)29-20(32-18)13-6-8-14(31-5)16-12(13)7-9-15(28-16)22(23,24)25/h6-9,11H,10,26H2,1-5H3,(H,27,30)/t11-/m0/s1. The number of methoxy groups -OCH3 is 1. The minimum atomic E-state index is -4.61. The molecule has 0 saturated carbocycles. The molecular formula is C22H25F3N4O3. The minimum Gasteiger partial charge on any atom is -0.494 e. The summed E-state index contributed by atoms with van der Waals surface area (Å²) < 4.78 is 50.5. The summed E-state index contributed by atoms with van der Waals surface area (Å²) in [5.41, 5.74) is 5.17. The topological polar surface area (TPSA) is 103 Å². The van der Waals surface area contributed by atoms with E-state index in [0.717, 1.165) is 6.07 Å². The molecular weight excluding hydrogens is 425 g/mol. The van der Waals surface area contributed by atoms with Crippen molar-refractivity contribution in [1.82, 2.24) is 15.3 Å². The molecule has 0 fully saturated rings. The molecule has 1 amide bonds. The van der Waals surface area contributed by atoms with E-state index in [2.05, 4.69) is 15.3 Å². The number of nitrogens with two attached hydrogens (primary N) is 1. The van der Waals surface area contributed by atoms with Gasteiger partial charge in [0.1, 0.15) is 17.0 Å². The Labute approximate surface area is 183 Å². The van der Waals surface area contributed by atoms with Gasteiger partial charge in [-0.3, -0.25) is 4.79 Å². The molecule has 0 radical (unpaired) electrons. The number of nitrogens with zero attached hydrogens (tertiary/aromatic N) is 2. The van der Waals surface area contributed by atoms with E-state index >= 15 is 0 Å². The summed E-state index contributed by atoms with van der Waals surface area (Å²) in [6, 6.07) is 4.57. The fourth-order valence-corrected chi connectivity index (χ4v) is 3.05. The molecule has 0 aliphatic heterocycles. The van der Waals surface area contributed by atoms with Crippen molar-refractivity contribution in [1.29, 1.82) is 0 Å². The van der Waals surface area contributed by atoms with Gasteiger partial charge in [0.15, 0.2) is 11.5 Å². The van der Waals surface area contributed by atoms with Crippen molar-refractivity contribution < 1.29 is 27.1 Å². The lowest BCUT2D eigenvalue weighted by atomic mass is 9.97. The molecule has 0 saturated heterocycles. The lowest BCUT2D eigenvalue weighted by Gasteiger charge is -2.18. The molecule has 1 atom stereocenters. The molecule has 32 heavy (non-hydrogen) atoms. The number of aromatic nitrogens is 2. The number of rotatable bonds is 5. The molecule has 0 aliphatic carbocycles. The van der Waals surface area contributed by atoms with Crippen LogP contribution in [0.2, 0.25) is 0 Å². The SMILES string of the molecule is COc1ccc(-c2nc(C(=O)NCC(C)(C)C)c([C@H](C)N)o2)c2ccc(C(F)(F)F)nc12. The summed E-state index contributed by atoms with van der Waals surface area (Å²) in [7, 11) is 1.34. The summed E-state index contributed by atoms with van der Waals surface area (Å²) >= 11 is 0. The summed E-state index contributed by atoms with van der Waals surface area (Å²) in [6.07, 6.45) is -4.61. The first-order valence-corrected chi connectivity index (χ1v) is 9.91. The van der Waals surface area contributed by atoms with Crippen molar-refractivity contribution in [3.8, 4) is 17.2 Å². The number of hydrogen-bond acceptors (Lipinski definition) is 6. The Bertz CT molecular complexity index is 1150. The van der Waals surface area contributed by atoms with Gasteiger partial charge in [0.2, 0.25) is 5.89 Å². The summed E-state index contributed by atoms with van der Waals surface area (Å²) in [6.45, 7) is 7.97. The molecule has 0 spiro atoms. The predicted molar refractivity (Wildman–Crippen MR) is 113 cm³/mol. The molecule has 7 nitrogen and oxygen atoms in total. The number of oxazole rings is 1. The molecule has 3 N–H and O–H groups in total. The van der Waals surface area contributed by atoms with E-state index in [1.807, 2.05) is 20.8 Å². The van der Waals surface area contributed by atoms with Crippen molar-refractivity contribution in [2.45, 2.75) is 39.9 Å². The predicted octanol–water partition coefficient (Wildman–Crippen LogP) is 4.71. The maximum absolute atomic E-state index is 13.2. The molecule has 3 rings (SSSR count). The zero-order valence-corrected chi connectivity index (χ0v) is 18.4. The van der Waals surface area contributed by atoms with Gasteiger partial charge < -0.3 is 20.2 Å². The number of carbonyl (C=O) groups is 1. The number of amides is 1. The van der Waals surface area contributed by atoms with Crippen LogP contribution in [0, 0.1) is 5.41 Å². The number of ether oxygens (including phenoxy) is 1. The first-order valence-electron chi connectivity index (χ1n) is 9.91. The van der Waals surface area contributed by atoms with Gasteiger partial charge >= 0.3 is 6.18 Å². The third-order valence-electron chi connectivity index (χ3n) is 4.62. The third-order valence-corrected chi connectivity index (χ3v) is 4.62. The van der Waals surface area contributed by atoms with Crippen LogP contribution < -0.4 is 15.8 Å². The Balaban J connectivity index is 2.13. The van der Waals surface area contributed by atoms with Gasteiger partial charge in [-0.15, -0.1) is 0 Å². The van der Waals surface area contributed by atoms with Gasteiger partial charge in [-0.1, -0.05) is 20.8 Å². The number of nitrogens with one attached hydrogen (secondary N) is 1. The highest BCUT2D eigenvalue weighted by Crippen LogP contribution is 2.37. The smallest absolute Gasteiger partial charge is 0.433 e. The largest absolute Gasteiger partial charge is 0.494 e. The zero-order valence-electron chi connectivity index (χ0n) is 18.4. The number of pyridine rings is 1. The van der Waals surface area contributed by atoms with E-state index in [-0.39, 0.29) is 34.0 Å². The Morgan fingerprint density at radius 2 is 1.88 bits per heavy atom. The molecule has 0 unspecified atom stereocenters. The van der Waals surface area contributed by atoms with Crippen LogP contribution in [0.15, 0.2) is 28.7 Å². The van der Waals surface area contributed by atoms with E-state index in [1.165, 1.54) is 19.2 Å². The number of halogens is 3. The minimum absolute atomic E-state index is 0.000828. The molecule has 0 aliphatic rings. The van der Waals surface area contributed by atoms with Crippen LogP contribution in [0.25, 0.3) is 22.4 Å². The second kappa shape index (κ2) is 8.42. The summed E-state index contributed by atoms with van der Waals surface area (Å²) in [5, 5.41) is 3.13. The average molecular weight is 450 g/mol. The average Bonchev–Trinajstić information content (AvgIpc) is 3.15. The van der Waals surface area contributed by atoms with Crippen molar-refractivity contribution in [2.75, 3.05) is 13.7 Å². The van der Waals surface area contributed by atoms with Crippen molar-refractivity contribution in [3.05, 3.63) is 41.4 Å². The number of alkyl halides is 3. The summed E-state index contributed by atoms with van der Waals surface area (Å²) in [4.78, 5) is 20.8. The quantitative estimate of drug-likeness (QED) is 0.583. The normalized spacial score (nSPS) is 13.3. The first kappa shape index (κ1) is 23.5. The van der Waals surface area contributed by atoms with Gasteiger partial charge in [-0.2, -0.15) is 13.2 Å². The number of carbonyl (C=O) groups excluding carboxylic acids is 1. The highest BCUT2D eigenvalue weighted by atomic mass is 19.4. The highest BCUT2D eigenvalue weighted by molar-refractivity contribution is 5.98. The third kappa shape index (κ3) is 4.85. The van der Waals surface area contributed by atoms with Gasteiger partial charge in [0.05, 0.1) is 13.2 Å². The maximum Gasteiger partial charge on any atom is 0.433 e. The van der Waals surface area contributed by atoms with Crippen molar-refractivity contribution >= 4 is 16.8 Å². The number of hydrogen-bond donors (Lipinski definition) is 2. The maximum atomic E-state index is 13.2. The van der Waals surface area contributed by atoms with Crippen molar-refractivity contribution in [3.63, 3.8) is 0 Å².